The fourth-order valence-electron chi connectivity index (χ4n) is 5.03. The van der Waals surface area contributed by atoms with Crippen LogP contribution in [0.4, 0.5) is 9.52 Å². The lowest BCUT2D eigenvalue weighted by Crippen LogP contribution is -2.36. The van der Waals surface area contributed by atoms with Gasteiger partial charge in [-0.25, -0.2) is 18.1 Å². The molecule has 0 unspecified atom stereocenters. The lowest BCUT2D eigenvalue weighted by molar-refractivity contribution is -0.114. The minimum absolute atomic E-state index is 0.0349. The van der Waals surface area contributed by atoms with E-state index in [4.69, 9.17) is 0 Å². The molecule has 2 heterocycles. The SMILES string of the molecule is CC(=O)Nc1nc(C)c(-c2cc3c(c(S(=O)(=O)NCC4(CCF)CC4)c2)C(=O)N([C@@H](C)C2CC2)C3)s1. The first-order chi connectivity index (χ1) is 17.0. The topological polar surface area (TPSA) is 108 Å². The van der Waals surface area contributed by atoms with Crippen LogP contribution in [0, 0.1) is 18.3 Å². The van der Waals surface area contributed by atoms with Gasteiger partial charge in [0.25, 0.3) is 5.91 Å². The highest BCUT2D eigenvalue weighted by Crippen LogP contribution is 2.48. The number of aryl methyl sites for hydroxylation is 1. The van der Waals surface area contributed by atoms with Gasteiger partial charge >= 0.3 is 0 Å². The van der Waals surface area contributed by atoms with Crippen LogP contribution in [0.5, 0.6) is 0 Å². The summed E-state index contributed by atoms with van der Waals surface area (Å²) in [6.07, 6.45) is 4.04. The highest BCUT2D eigenvalue weighted by atomic mass is 32.2. The van der Waals surface area contributed by atoms with E-state index in [0.29, 0.717) is 40.8 Å². The summed E-state index contributed by atoms with van der Waals surface area (Å²) >= 11 is 1.26. The van der Waals surface area contributed by atoms with Gasteiger partial charge in [-0.2, -0.15) is 0 Å². The fraction of sp³-hybridized carbons (Fsp3) is 0.560. The maximum absolute atomic E-state index is 13.6. The number of thiazole rings is 1. The number of halogens is 1. The molecule has 2 N–H and O–H groups in total. The summed E-state index contributed by atoms with van der Waals surface area (Å²) in [7, 11) is -4.04. The number of aromatic nitrogens is 1. The van der Waals surface area contributed by atoms with Gasteiger partial charge in [-0.15, -0.1) is 0 Å². The first kappa shape index (κ1) is 25.3. The Morgan fingerprint density at radius 2 is 2.06 bits per heavy atom. The molecule has 1 aromatic heterocycles. The Kier molecular flexibility index (Phi) is 6.45. The molecule has 1 atom stereocenters. The first-order valence-corrected chi connectivity index (χ1v) is 14.6. The van der Waals surface area contributed by atoms with Crippen LogP contribution in [0.25, 0.3) is 10.4 Å². The van der Waals surface area contributed by atoms with Crippen LogP contribution >= 0.6 is 11.3 Å². The second-order valence-corrected chi connectivity index (χ2v) is 13.1. The number of alkyl halides is 1. The number of anilines is 1. The van der Waals surface area contributed by atoms with E-state index in [-0.39, 0.29) is 40.3 Å². The summed E-state index contributed by atoms with van der Waals surface area (Å²) < 4.78 is 42.9. The zero-order valence-corrected chi connectivity index (χ0v) is 22.3. The predicted molar refractivity (Wildman–Crippen MR) is 136 cm³/mol. The molecule has 5 rings (SSSR count). The van der Waals surface area contributed by atoms with Crippen molar-refractivity contribution in [2.24, 2.45) is 11.3 Å². The minimum atomic E-state index is -4.04. The van der Waals surface area contributed by atoms with Crippen molar-refractivity contribution in [1.82, 2.24) is 14.6 Å². The molecule has 3 aliphatic rings. The van der Waals surface area contributed by atoms with Gasteiger partial charge in [-0.1, -0.05) is 11.3 Å². The van der Waals surface area contributed by atoms with Crippen LogP contribution in [0.3, 0.4) is 0 Å². The molecular weight excluding hydrogens is 503 g/mol. The third kappa shape index (κ3) is 4.80. The molecule has 0 spiro atoms. The molecule has 1 aromatic carbocycles. The number of fused-ring (bicyclic) bond motifs is 1. The number of hydrogen-bond donors (Lipinski definition) is 2. The van der Waals surface area contributed by atoms with Crippen LogP contribution < -0.4 is 10.0 Å². The molecule has 0 saturated heterocycles. The van der Waals surface area contributed by atoms with Crippen molar-refractivity contribution in [3.63, 3.8) is 0 Å². The maximum atomic E-state index is 13.6. The quantitative estimate of drug-likeness (QED) is 0.474. The Hall–Kier alpha value is -2.37. The molecule has 0 radical (unpaired) electrons. The summed E-state index contributed by atoms with van der Waals surface area (Å²) in [6.45, 7) is 5.25. The second-order valence-electron chi connectivity index (χ2n) is 10.4. The zero-order chi connectivity index (χ0) is 25.8. The van der Waals surface area contributed by atoms with Gasteiger partial charge in [0.2, 0.25) is 15.9 Å². The van der Waals surface area contributed by atoms with E-state index in [1.54, 1.807) is 11.8 Å². The number of rotatable bonds is 10. The van der Waals surface area contributed by atoms with E-state index in [1.165, 1.54) is 24.3 Å². The van der Waals surface area contributed by atoms with E-state index in [2.05, 4.69) is 15.0 Å². The molecule has 1 aliphatic heterocycles. The molecule has 2 saturated carbocycles. The molecule has 2 aromatic rings. The normalized spacial score (nSPS) is 19.3. The minimum Gasteiger partial charge on any atom is -0.331 e. The molecule has 2 fully saturated rings. The smallest absolute Gasteiger partial charge is 0.256 e. The Balaban J connectivity index is 1.55. The highest BCUT2D eigenvalue weighted by molar-refractivity contribution is 7.89. The molecule has 8 nitrogen and oxygen atoms in total. The Morgan fingerprint density at radius 1 is 1.33 bits per heavy atom. The Bertz CT molecular complexity index is 1330. The largest absolute Gasteiger partial charge is 0.331 e. The molecule has 0 bridgehead atoms. The van der Waals surface area contributed by atoms with E-state index >= 15 is 0 Å². The molecule has 36 heavy (non-hydrogen) atoms. The van der Waals surface area contributed by atoms with Crippen molar-refractivity contribution >= 4 is 38.3 Å². The van der Waals surface area contributed by atoms with Crippen LogP contribution in [0.2, 0.25) is 0 Å². The Labute approximate surface area is 214 Å². The zero-order valence-electron chi connectivity index (χ0n) is 20.7. The summed E-state index contributed by atoms with van der Waals surface area (Å²) in [5, 5.41) is 3.11. The highest BCUT2D eigenvalue weighted by Gasteiger charge is 2.44. The van der Waals surface area contributed by atoms with Crippen molar-refractivity contribution in [2.75, 3.05) is 18.5 Å². The summed E-state index contributed by atoms with van der Waals surface area (Å²) in [5.74, 6) is -0.0595. The molecule has 11 heteroatoms. The number of carbonyl (C=O) groups is 2. The summed E-state index contributed by atoms with van der Waals surface area (Å²) in [5.41, 5.74) is 1.86. The number of hydrogen-bond acceptors (Lipinski definition) is 6. The third-order valence-corrected chi connectivity index (χ3v) is 10.2. The number of benzene rings is 1. The van der Waals surface area contributed by atoms with Crippen molar-refractivity contribution in [3.8, 4) is 10.4 Å². The summed E-state index contributed by atoms with van der Waals surface area (Å²) in [6, 6.07) is 3.44. The van der Waals surface area contributed by atoms with Crippen molar-refractivity contribution < 1.29 is 22.4 Å². The average Bonchev–Trinajstić information content (AvgIpc) is 3.73. The van der Waals surface area contributed by atoms with E-state index < -0.39 is 16.7 Å². The van der Waals surface area contributed by atoms with E-state index in [1.807, 2.05) is 13.0 Å². The number of amides is 2. The summed E-state index contributed by atoms with van der Waals surface area (Å²) in [4.78, 5) is 31.9. The van der Waals surface area contributed by atoms with Crippen LogP contribution in [-0.4, -0.2) is 49.4 Å². The molecule has 2 amide bonds. The molecular formula is C25H31FN4O4S2. The van der Waals surface area contributed by atoms with Crippen molar-refractivity contribution in [1.29, 1.82) is 0 Å². The third-order valence-electron chi connectivity index (χ3n) is 7.65. The van der Waals surface area contributed by atoms with Crippen LogP contribution in [0.1, 0.15) is 67.6 Å². The first-order valence-electron chi connectivity index (χ1n) is 12.3. The van der Waals surface area contributed by atoms with Crippen LogP contribution in [0.15, 0.2) is 17.0 Å². The second kappa shape index (κ2) is 9.18. The average molecular weight is 535 g/mol. The molecule has 2 aliphatic carbocycles. The number of carbonyl (C=O) groups excluding carboxylic acids is 2. The lowest BCUT2D eigenvalue weighted by Gasteiger charge is -2.24. The fourth-order valence-corrected chi connectivity index (χ4v) is 7.45. The Morgan fingerprint density at radius 3 is 2.67 bits per heavy atom. The van der Waals surface area contributed by atoms with E-state index in [9.17, 15) is 22.4 Å². The van der Waals surface area contributed by atoms with Crippen LogP contribution in [-0.2, 0) is 21.4 Å². The standard InChI is InChI=1S/C25H31FN4O4S2/c1-14-22(35-24(28-14)29-16(3)31)18-10-19-12-30(15(2)17-4-5-17)23(32)21(19)20(11-18)36(33,34)27-13-25(6-7-25)8-9-26/h10-11,15,17,27H,4-9,12-13H2,1-3H3,(H,28,29,31)/t15-/m0/s1. The van der Waals surface area contributed by atoms with Gasteiger partial charge in [-0.3, -0.25) is 14.0 Å². The van der Waals surface area contributed by atoms with Gasteiger partial charge in [0.15, 0.2) is 5.13 Å². The van der Waals surface area contributed by atoms with Gasteiger partial charge in [0.1, 0.15) is 0 Å². The van der Waals surface area contributed by atoms with Gasteiger partial charge in [0, 0.05) is 26.1 Å². The number of nitrogens with one attached hydrogen (secondary N) is 2. The van der Waals surface area contributed by atoms with Gasteiger partial charge in [0.05, 0.1) is 27.7 Å². The number of nitrogens with zero attached hydrogens (tertiary/aromatic N) is 2. The van der Waals surface area contributed by atoms with Gasteiger partial charge in [-0.05, 0) is 80.5 Å². The maximum Gasteiger partial charge on any atom is 0.256 e. The lowest BCUT2D eigenvalue weighted by atomic mass is 10.0. The molecule has 194 valence electrons. The van der Waals surface area contributed by atoms with E-state index in [0.717, 1.165) is 30.6 Å². The van der Waals surface area contributed by atoms with Gasteiger partial charge < -0.3 is 10.2 Å². The monoisotopic (exact) mass is 534 g/mol. The predicted octanol–water partition coefficient (Wildman–Crippen LogP) is 4.25. The van der Waals surface area contributed by atoms with Crippen molar-refractivity contribution in [2.45, 2.75) is 70.4 Å². The number of sulfonamides is 1. The van der Waals surface area contributed by atoms with Crippen molar-refractivity contribution in [3.05, 3.63) is 29.0 Å².